The van der Waals surface area contributed by atoms with E-state index in [0.717, 1.165) is 74.2 Å². The number of carbonyl (C=O) groups excluding carboxylic acids is 3. The number of carbonyl (C=O) groups is 3. The number of allylic oxidation sites excluding steroid dienone is 2. The van der Waals surface area contributed by atoms with Crippen LogP contribution in [0.4, 0.5) is 13.2 Å². The van der Waals surface area contributed by atoms with Gasteiger partial charge in [0.25, 0.3) is 5.91 Å². The van der Waals surface area contributed by atoms with Gasteiger partial charge in [0.2, 0.25) is 11.8 Å². The zero-order valence-electron chi connectivity index (χ0n) is 41.2. The summed E-state index contributed by atoms with van der Waals surface area (Å²) in [5, 5.41) is 2.34. The van der Waals surface area contributed by atoms with Gasteiger partial charge in [-0.25, -0.2) is 4.79 Å². The number of imidazole rings is 1. The Morgan fingerprint density at radius 1 is 0.914 bits per heavy atom. The summed E-state index contributed by atoms with van der Waals surface area (Å²) >= 11 is 0. The van der Waals surface area contributed by atoms with E-state index in [1.54, 1.807) is 23.8 Å². The molecule has 3 amide bonds. The molecular weight excluding hydrogens is 902 g/mol. The van der Waals surface area contributed by atoms with Gasteiger partial charge < -0.3 is 19.1 Å². The third-order valence-electron chi connectivity index (χ3n) is 15.6. The zero-order valence-corrected chi connectivity index (χ0v) is 41.2. The Labute approximate surface area is 407 Å². The van der Waals surface area contributed by atoms with Crippen molar-refractivity contribution in [1.82, 2.24) is 29.2 Å². The smallest absolute Gasteiger partial charge is 0.395 e. The fourth-order valence-electron chi connectivity index (χ4n) is 11.7. The van der Waals surface area contributed by atoms with Crippen molar-refractivity contribution < 1.29 is 41.8 Å². The van der Waals surface area contributed by atoms with Gasteiger partial charge in [-0.1, -0.05) is 42.5 Å². The van der Waals surface area contributed by atoms with Crippen LogP contribution in [0.2, 0.25) is 0 Å². The first-order valence-corrected chi connectivity index (χ1v) is 25.0. The SMILES string of the molecule is COc1ccc([C@]2(CCN(Cc3ccc(C4=CC[C@H](CN5CCN(C(=O)c6ccc7c8c6OCCn8c(=O)n7C6CCC(=O)NC6=O)CC5)CC4)cc3)CC(C)(C)C(F)(F)F)CCOC(C)(C)C2)cc1. The van der Waals surface area contributed by atoms with Crippen LogP contribution in [0, 0.1) is 11.3 Å². The number of hydrogen-bond donors (Lipinski definition) is 1. The lowest BCUT2D eigenvalue weighted by atomic mass is 9.67. The quantitative estimate of drug-likeness (QED) is 0.125. The Kier molecular flexibility index (Phi) is 13.9. The third kappa shape index (κ3) is 10.2. The van der Waals surface area contributed by atoms with Crippen LogP contribution in [0.15, 0.2) is 71.5 Å². The molecule has 70 heavy (non-hydrogen) atoms. The van der Waals surface area contributed by atoms with E-state index in [1.807, 2.05) is 21.9 Å². The molecule has 1 unspecified atom stereocenters. The van der Waals surface area contributed by atoms with Gasteiger partial charge in [-0.15, -0.1) is 0 Å². The number of piperidine rings is 1. The van der Waals surface area contributed by atoms with Gasteiger partial charge in [0, 0.05) is 64.3 Å². The van der Waals surface area contributed by atoms with Crippen LogP contribution in [0.5, 0.6) is 11.5 Å². The van der Waals surface area contributed by atoms with Crippen molar-refractivity contribution in [2.24, 2.45) is 11.3 Å². The van der Waals surface area contributed by atoms with Crippen molar-refractivity contribution in [3.05, 3.63) is 99.5 Å². The fourth-order valence-corrected chi connectivity index (χ4v) is 11.7. The number of rotatable bonds is 14. The van der Waals surface area contributed by atoms with E-state index in [4.69, 9.17) is 14.2 Å². The van der Waals surface area contributed by atoms with Crippen LogP contribution in [0.1, 0.15) is 112 Å². The molecule has 16 heteroatoms. The van der Waals surface area contributed by atoms with Gasteiger partial charge in [0.15, 0.2) is 5.75 Å². The lowest BCUT2D eigenvalue weighted by Crippen LogP contribution is -2.50. The molecule has 0 radical (unpaired) electrons. The average Bonchev–Trinajstić information content (AvgIpc) is 3.62. The number of nitrogens with zero attached hydrogens (tertiary/aromatic N) is 5. The molecule has 4 aromatic rings. The molecule has 0 bridgehead atoms. The first-order chi connectivity index (χ1) is 33.3. The number of methoxy groups -OCH3 is 1. The van der Waals surface area contributed by atoms with Gasteiger partial charge in [-0.3, -0.25) is 38.6 Å². The zero-order chi connectivity index (χ0) is 49.6. The average molecular weight is 969 g/mol. The Morgan fingerprint density at radius 2 is 1.66 bits per heavy atom. The highest BCUT2D eigenvalue weighted by Gasteiger charge is 2.49. The summed E-state index contributed by atoms with van der Waals surface area (Å²) in [7, 11) is 1.64. The van der Waals surface area contributed by atoms with Gasteiger partial charge >= 0.3 is 11.9 Å². The van der Waals surface area contributed by atoms with Crippen LogP contribution in [0.25, 0.3) is 16.6 Å². The van der Waals surface area contributed by atoms with Crippen molar-refractivity contribution >= 4 is 34.3 Å². The maximum Gasteiger partial charge on any atom is 0.395 e. The Morgan fingerprint density at radius 3 is 2.31 bits per heavy atom. The Hall–Kier alpha value is -5.45. The molecule has 376 valence electrons. The predicted octanol–water partition coefficient (Wildman–Crippen LogP) is 8.13. The van der Waals surface area contributed by atoms with E-state index in [9.17, 15) is 32.3 Å². The Bertz CT molecular complexity index is 2680. The van der Waals surface area contributed by atoms with Crippen molar-refractivity contribution in [3.8, 4) is 11.5 Å². The lowest BCUT2D eigenvalue weighted by molar-refractivity contribution is -0.217. The number of piperazine rings is 1. The molecular formula is C54H67F3N6O7. The molecule has 4 aliphatic heterocycles. The number of amides is 3. The van der Waals surface area contributed by atoms with Crippen molar-refractivity contribution in [2.45, 2.75) is 115 Å². The molecule has 13 nitrogen and oxygen atoms in total. The number of alkyl halides is 3. The highest BCUT2D eigenvalue weighted by atomic mass is 19.4. The predicted molar refractivity (Wildman–Crippen MR) is 261 cm³/mol. The van der Waals surface area contributed by atoms with Gasteiger partial charge in [-0.2, -0.15) is 13.2 Å². The summed E-state index contributed by atoms with van der Waals surface area (Å²) < 4.78 is 63.9. The molecule has 1 N–H and O–H groups in total. The van der Waals surface area contributed by atoms with Crippen LogP contribution in [-0.2, 0) is 32.8 Å². The Balaban J connectivity index is 0.807. The molecule has 3 saturated heterocycles. The molecule has 5 heterocycles. The van der Waals surface area contributed by atoms with Gasteiger partial charge in [-0.05, 0) is 132 Å². The number of ether oxygens (including phenoxy) is 3. The van der Waals surface area contributed by atoms with Crippen LogP contribution in [-0.4, -0.2) is 119 Å². The first kappa shape index (κ1) is 49.5. The number of benzene rings is 3. The van der Waals surface area contributed by atoms with E-state index < -0.39 is 23.5 Å². The maximum absolute atomic E-state index is 14.4. The third-order valence-corrected chi connectivity index (χ3v) is 15.6. The first-order valence-electron chi connectivity index (χ1n) is 25.0. The minimum Gasteiger partial charge on any atom is -0.497 e. The second-order valence-electron chi connectivity index (χ2n) is 21.5. The monoisotopic (exact) mass is 969 g/mol. The van der Waals surface area contributed by atoms with Crippen LogP contribution < -0.4 is 20.5 Å². The normalized spacial score (nSPS) is 23.3. The summed E-state index contributed by atoms with van der Waals surface area (Å²) in [6, 6.07) is 19.1. The molecule has 0 spiro atoms. The van der Waals surface area contributed by atoms with Gasteiger partial charge in [0.1, 0.15) is 23.9 Å². The summed E-state index contributed by atoms with van der Waals surface area (Å²) in [5.74, 6) is 0.580. The minimum atomic E-state index is -4.35. The molecule has 5 aliphatic rings. The van der Waals surface area contributed by atoms with E-state index in [0.29, 0.717) is 74.0 Å². The topological polar surface area (TPSA) is 128 Å². The highest BCUT2D eigenvalue weighted by molar-refractivity contribution is 6.04. The summed E-state index contributed by atoms with van der Waals surface area (Å²) in [5.41, 5.74) is 3.11. The fraction of sp³-hybridized carbons (Fsp3) is 0.556. The van der Waals surface area contributed by atoms with Crippen molar-refractivity contribution in [3.63, 3.8) is 0 Å². The number of nitrogens with one attached hydrogen (secondary N) is 1. The number of imide groups is 1. The standard InChI is InChI=1S/C54H67F3N6O7/c1-51(2,54(55,56)57)35-60(24-22-53(23-30-70-52(3,4)34-53)40-14-16-41(68-5)17-15-40)33-37-8-12-39(13-9-37)38-10-6-36(7-11-38)32-59-25-27-61(28-26-59)49(66)42-18-19-43-46-47(42)69-31-29-62(46)50(67)63(43)44-20-21-45(64)58-48(44)65/h8-10,12-19,36,44H,6-7,11,20-35H2,1-5H3,(H,58,64,65)/t36-,44?,53+/m0/s1. The van der Waals surface area contributed by atoms with Crippen LogP contribution in [0.3, 0.4) is 0 Å². The molecule has 9 rings (SSSR count). The molecule has 3 aromatic carbocycles. The largest absolute Gasteiger partial charge is 0.497 e. The lowest BCUT2D eigenvalue weighted by Gasteiger charge is -2.46. The second kappa shape index (κ2) is 19.6. The van der Waals surface area contributed by atoms with E-state index in [-0.39, 0.29) is 54.5 Å². The summed E-state index contributed by atoms with van der Waals surface area (Å²) in [6.07, 6.45) is 3.51. The van der Waals surface area contributed by atoms with E-state index >= 15 is 0 Å². The summed E-state index contributed by atoms with van der Waals surface area (Å²) in [6.45, 7) is 12.2. The number of hydrogen-bond acceptors (Lipinski definition) is 9. The molecule has 1 aromatic heterocycles. The van der Waals surface area contributed by atoms with Crippen LogP contribution >= 0.6 is 0 Å². The summed E-state index contributed by atoms with van der Waals surface area (Å²) in [4.78, 5) is 58.5. The highest BCUT2D eigenvalue weighted by Crippen LogP contribution is 2.46. The molecule has 1 aliphatic carbocycles. The second-order valence-corrected chi connectivity index (χ2v) is 21.5. The van der Waals surface area contributed by atoms with Crippen molar-refractivity contribution in [1.29, 1.82) is 0 Å². The molecule has 0 saturated carbocycles. The number of aromatic nitrogens is 2. The van der Waals surface area contributed by atoms with Gasteiger partial charge in [0.05, 0.1) is 35.8 Å². The van der Waals surface area contributed by atoms with E-state index in [1.165, 1.54) is 24.0 Å². The van der Waals surface area contributed by atoms with Crippen molar-refractivity contribution in [2.75, 3.05) is 66.1 Å². The maximum atomic E-state index is 14.4. The molecule has 3 atom stereocenters. The molecule has 3 fully saturated rings. The number of halogens is 3. The van der Waals surface area contributed by atoms with E-state index in [2.05, 4.69) is 66.5 Å². The minimum absolute atomic E-state index is 0.115.